The van der Waals surface area contributed by atoms with E-state index in [-0.39, 0.29) is 16.0 Å². The first-order valence-electron chi connectivity index (χ1n) is 5.92. The van der Waals surface area contributed by atoms with Gasteiger partial charge >= 0.3 is 0 Å². The molecule has 92 valence electrons. The molecule has 1 aromatic carbocycles. The van der Waals surface area contributed by atoms with Crippen molar-refractivity contribution in [2.75, 3.05) is 0 Å². The Hall–Kier alpha value is -0.480. The maximum absolute atomic E-state index is 13.7. The zero-order valence-corrected chi connectivity index (χ0v) is 10.8. The molecule has 0 spiro atoms. The van der Waals surface area contributed by atoms with Crippen molar-refractivity contribution in [2.45, 2.75) is 25.4 Å². The summed E-state index contributed by atoms with van der Waals surface area (Å²) in [5.74, 6) is 0.132. The Balaban J connectivity index is 1.87. The minimum absolute atomic E-state index is 0.0990. The average molecular weight is 303 g/mol. The summed E-state index contributed by atoms with van der Waals surface area (Å²) in [5, 5.41) is 10.1. The second kappa shape index (κ2) is 4.02. The number of aliphatic hydroxyl groups excluding tert-OH is 1. The zero-order chi connectivity index (χ0) is 12.2. The summed E-state index contributed by atoms with van der Waals surface area (Å²) in [5.41, 5.74) is 0.102. The minimum Gasteiger partial charge on any atom is -0.388 e. The van der Waals surface area contributed by atoms with Crippen molar-refractivity contribution < 1.29 is 13.9 Å². The predicted octanol–water partition coefficient (Wildman–Crippen LogP) is 3.81. The molecule has 3 rings (SSSR count). The number of fused-ring (bicyclic) bond motifs is 1. The van der Waals surface area contributed by atoms with Crippen LogP contribution < -0.4 is 0 Å². The molecule has 2 saturated carbocycles. The van der Waals surface area contributed by atoms with Crippen LogP contribution in [-0.4, -0.2) is 5.11 Å². The largest absolute Gasteiger partial charge is 0.388 e. The normalized spacial score (nSPS) is 32.4. The first-order chi connectivity index (χ1) is 8.09. The molecule has 3 atom stereocenters. The Kier molecular flexibility index (Phi) is 2.75. The molecule has 0 heterocycles. The molecular formula is C13H13BrF2O. The second-order valence-electron chi connectivity index (χ2n) is 5.07. The molecule has 2 aliphatic carbocycles. The van der Waals surface area contributed by atoms with Gasteiger partial charge in [-0.1, -0.05) is 6.42 Å². The lowest BCUT2D eigenvalue weighted by Crippen LogP contribution is -2.07. The van der Waals surface area contributed by atoms with Crippen LogP contribution in [0.3, 0.4) is 0 Å². The fraction of sp³-hybridized carbons (Fsp3) is 0.538. The van der Waals surface area contributed by atoms with Crippen LogP contribution in [0.2, 0.25) is 0 Å². The van der Waals surface area contributed by atoms with Gasteiger partial charge in [-0.25, -0.2) is 8.78 Å². The van der Waals surface area contributed by atoms with Crippen molar-refractivity contribution in [3.8, 4) is 0 Å². The van der Waals surface area contributed by atoms with Gasteiger partial charge < -0.3 is 5.11 Å². The number of hydrogen-bond acceptors (Lipinski definition) is 1. The van der Waals surface area contributed by atoms with E-state index in [0.29, 0.717) is 11.8 Å². The van der Waals surface area contributed by atoms with E-state index in [1.54, 1.807) is 0 Å². The molecule has 1 N–H and O–H groups in total. The molecule has 3 unspecified atom stereocenters. The van der Waals surface area contributed by atoms with Gasteiger partial charge in [-0.2, -0.15) is 0 Å². The van der Waals surface area contributed by atoms with Crippen molar-refractivity contribution in [1.82, 2.24) is 0 Å². The van der Waals surface area contributed by atoms with Crippen LogP contribution in [0.4, 0.5) is 8.78 Å². The summed E-state index contributed by atoms with van der Waals surface area (Å²) in [6, 6.07) is 2.20. The Morgan fingerprint density at radius 2 is 1.82 bits per heavy atom. The number of rotatable bonds is 2. The summed E-state index contributed by atoms with van der Waals surface area (Å²) < 4.78 is 27.2. The molecule has 0 saturated heterocycles. The molecule has 1 nitrogen and oxygen atoms in total. The molecule has 0 radical (unpaired) electrons. The van der Waals surface area contributed by atoms with Crippen LogP contribution in [0.1, 0.15) is 30.9 Å². The predicted molar refractivity (Wildman–Crippen MR) is 63.3 cm³/mol. The number of hydrogen-bond donors (Lipinski definition) is 1. The fourth-order valence-corrected chi connectivity index (χ4v) is 3.63. The number of halogens is 3. The highest BCUT2D eigenvalue weighted by atomic mass is 79.9. The molecule has 0 aliphatic heterocycles. The summed E-state index contributed by atoms with van der Waals surface area (Å²) in [7, 11) is 0. The van der Waals surface area contributed by atoms with Crippen LogP contribution in [0.5, 0.6) is 0 Å². The Morgan fingerprint density at radius 1 is 1.18 bits per heavy atom. The lowest BCUT2D eigenvalue weighted by atomic mass is 9.99. The molecular weight excluding hydrogens is 290 g/mol. The third-order valence-electron chi connectivity index (χ3n) is 4.20. The first kappa shape index (κ1) is 11.6. The van der Waals surface area contributed by atoms with Gasteiger partial charge in [0.25, 0.3) is 0 Å². The van der Waals surface area contributed by atoms with E-state index >= 15 is 0 Å². The quantitative estimate of drug-likeness (QED) is 0.824. The van der Waals surface area contributed by atoms with E-state index in [2.05, 4.69) is 15.9 Å². The van der Waals surface area contributed by atoms with Crippen LogP contribution in [-0.2, 0) is 0 Å². The summed E-state index contributed by atoms with van der Waals surface area (Å²) in [4.78, 5) is 0. The van der Waals surface area contributed by atoms with Gasteiger partial charge in [0.2, 0.25) is 0 Å². The number of benzene rings is 1. The zero-order valence-electron chi connectivity index (χ0n) is 9.17. The van der Waals surface area contributed by atoms with Gasteiger partial charge in [0.15, 0.2) is 0 Å². The van der Waals surface area contributed by atoms with Crippen molar-refractivity contribution in [3.63, 3.8) is 0 Å². The minimum atomic E-state index is -0.854. The van der Waals surface area contributed by atoms with Crippen LogP contribution in [0, 0.1) is 29.4 Å². The highest BCUT2D eigenvalue weighted by Crippen LogP contribution is 2.62. The van der Waals surface area contributed by atoms with E-state index in [0.717, 1.165) is 25.0 Å². The molecule has 4 heteroatoms. The summed E-state index contributed by atoms with van der Waals surface area (Å²) >= 11 is 2.93. The molecule has 17 heavy (non-hydrogen) atoms. The molecule has 0 amide bonds. The summed E-state index contributed by atoms with van der Waals surface area (Å²) in [6.45, 7) is 0. The fourth-order valence-electron chi connectivity index (χ4n) is 3.32. The van der Waals surface area contributed by atoms with E-state index in [9.17, 15) is 13.9 Å². The maximum atomic E-state index is 13.7. The monoisotopic (exact) mass is 302 g/mol. The highest BCUT2D eigenvalue weighted by Gasteiger charge is 2.56. The van der Waals surface area contributed by atoms with Crippen molar-refractivity contribution >= 4 is 15.9 Å². The molecule has 0 aromatic heterocycles. The molecule has 0 bridgehead atoms. The second-order valence-corrected chi connectivity index (χ2v) is 5.92. The SMILES string of the molecule is OC(c1cc(F)c(Br)cc1F)C1C2CCCC21. The Bertz CT molecular complexity index is 453. The van der Waals surface area contributed by atoms with Gasteiger partial charge in [0.1, 0.15) is 11.6 Å². The third kappa shape index (κ3) is 1.82. The lowest BCUT2D eigenvalue weighted by molar-refractivity contribution is 0.132. The lowest BCUT2D eigenvalue weighted by Gasteiger charge is -2.14. The van der Waals surface area contributed by atoms with Crippen LogP contribution in [0.15, 0.2) is 16.6 Å². The van der Waals surface area contributed by atoms with E-state index < -0.39 is 17.7 Å². The molecule has 2 fully saturated rings. The first-order valence-corrected chi connectivity index (χ1v) is 6.71. The van der Waals surface area contributed by atoms with Crippen LogP contribution in [0.25, 0.3) is 0 Å². The van der Waals surface area contributed by atoms with Crippen LogP contribution >= 0.6 is 15.9 Å². The van der Waals surface area contributed by atoms with Gasteiger partial charge in [-0.3, -0.25) is 0 Å². The Morgan fingerprint density at radius 3 is 2.47 bits per heavy atom. The van der Waals surface area contributed by atoms with Gasteiger partial charge in [-0.15, -0.1) is 0 Å². The topological polar surface area (TPSA) is 20.2 Å². The maximum Gasteiger partial charge on any atom is 0.137 e. The van der Waals surface area contributed by atoms with Gasteiger partial charge in [0.05, 0.1) is 10.6 Å². The van der Waals surface area contributed by atoms with Crippen molar-refractivity contribution in [3.05, 3.63) is 33.8 Å². The Labute approximate surface area is 107 Å². The van der Waals surface area contributed by atoms with Crippen molar-refractivity contribution in [2.24, 2.45) is 17.8 Å². The summed E-state index contributed by atoms with van der Waals surface area (Å²) in [6.07, 6.45) is 2.59. The third-order valence-corrected chi connectivity index (χ3v) is 4.80. The van der Waals surface area contributed by atoms with Crippen molar-refractivity contribution in [1.29, 1.82) is 0 Å². The van der Waals surface area contributed by atoms with E-state index in [1.165, 1.54) is 6.42 Å². The van der Waals surface area contributed by atoms with E-state index in [1.807, 2.05) is 0 Å². The highest BCUT2D eigenvalue weighted by molar-refractivity contribution is 9.10. The molecule has 2 aliphatic rings. The van der Waals surface area contributed by atoms with Gasteiger partial charge in [0, 0.05) is 5.56 Å². The van der Waals surface area contributed by atoms with E-state index in [4.69, 9.17) is 0 Å². The average Bonchev–Trinajstić information content (AvgIpc) is 2.76. The van der Waals surface area contributed by atoms with Gasteiger partial charge in [-0.05, 0) is 58.7 Å². The smallest absolute Gasteiger partial charge is 0.137 e. The molecule has 1 aromatic rings. The number of aliphatic hydroxyl groups is 1. The standard InChI is InChI=1S/C13H13BrF2O/c14-9-5-10(15)8(4-11(9)16)13(17)12-6-2-1-3-7(6)12/h4-7,12-13,17H,1-3H2.